The van der Waals surface area contributed by atoms with Gasteiger partial charge in [0, 0.05) is 0 Å². The molecule has 12 heavy (non-hydrogen) atoms. The highest BCUT2D eigenvalue weighted by atomic mass is 16.3. The second-order valence-electron chi connectivity index (χ2n) is 3.83. The first-order chi connectivity index (χ1) is 5.80. The molecule has 2 nitrogen and oxygen atoms in total. The molecule has 2 N–H and O–H groups in total. The predicted octanol–water partition coefficient (Wildman–Crippen LogP) is 1.84. The lowest BCUT2D eigenvalue weighted by Gasteiger charge is -2.18. The van der Waals surface area contributed by atoms with Gasteiger partial charge in [-0.1, -0.05) is 38.5 Å². The maximum Gasteiger partial charge on any atom is 0.0799 e. The highest BCUT2D eigenvalue weighted by Gasteiger charge is 2.15. The molecule has 0 radical (unpaired) electrons. The Bertz CT molecular complexity index is 100. The average Bonchev–Trinajstić information content (AvgIpc) is 2.08. The van der Waals surface area contributed by atoms with Crippen LogP contribution in [0.5, 0.6) is 0 Å². The van der Waals surface area contributed by atoms with Crippen LogP contribution in [0.4, 0.5) is 0 Å². The largest absolute Gasteiger partial charge is 0.390 e. The van der Waals surface area contributed by atoms with Crippen molar-refractivity contribution in [2.75, 3.05) is 0 Å². The van der Waals surface area contributed by atoms with Gasteiger partial charge in [-0.2, -0.15) is 0 Å². The molecule has 0 aliphatic heterocycles. The Balaban J connectivity index is 2.26. The minimum atomic E-state index is -0.469. The molecule has 0 saturated heterocycles. The minimum absolute atomic E-state index is 0.469. The van der Waals surface area contributed by atoms with E-state index in [1.54, 1.807) is 0 Å². The van der Waals surface area contributed by atoms with Gasteiger partial charge in [0.15, 0.2) is 0 Å². The lowest BCUT2D eigenvalue weighted by molar-refractivity contribution is 0.00608. The van der Waals surface area contributed by atoms with E-state index in [1.807, 2.05) is 0 Å². The van der Waals surface area contributed by atoms with Crippen molar-refractivity contribution in [3.8, 4) is 0 Å². The van der Waals surface area contributed by atoms with Crippen LogP contribution in [0.1, 0.15) is 51.4 Å². The fourth-order valence-corrected chi connectivity index (χ4v) is 1.80. The summed E-state index contributed by atoms with van der Waals surface area (Å²) >= 11 is 0. The first-order valence-corrected chi connectivity index (χ1v) is 5.17. The number of hydrogen-bond donors (Lipinski definition) is 2. The molecule has 1 aliphatic carbocycles. The number of rotatable bonds is 0. The van der Waals surface area contributed by atoms with Crippen molar-refractivity contribution >= 4 is 0 Å². The first kappa shape index (κ1) is 10.0. The summed E-state index contributed by atoms with van der Waals surface area (Å²) in [6.45, 7) is 0. The van der Waals surface area contributed by atoms with Crippen LogP contribution >= 0.6 is 0 Å². The van der Waals surface area contributed by atoms with Gasteiger partial charge in [-0.15, -0.1) is 0 Å². The molecule has 1 saturated carbocycles. The Hall–Kier alpha value is -0.0800. The zero-order valence-electron chi connectivity index (χ0n) is 7.71. The molecule has 2 heteroatoms. The Labute approximate surface area is 74.6 Å². The van der Waals surface area contributed by atoms with E-state index in [1.165, 1.54) is 25.7 Å². The molecular formula is C10H20O2. The lowest BCUT2D eigenvalue weighted by Crippen LogP contribution is -2.25. The SMILES string of the molecule is O[C@@H]1CCCCCCCC[C@@H]1O. The molecule has 2 atom stereocenters. The molecule has 0 spiro atoms. The van der Waals surface area contributed by atoms with Crippen LogP contribution in [-0.4, -0.2) is 22.4 Å². The monoisotopic (exact) mass is 172 g/mol. The molecule has 1 aliphatic rings. The van der Waals surface area contributed by atoms with Crippen LogP contribution in [0.25, 0.3) is 0 Å². The maximum absolute atomic E-state index is 9.45. The molecular weight excluding hydrogens is 152 g/mol. The van der Waals surface area contributed by atoms with Gasteiger partial charge in [-0.3, -0.25) is 0 Å². The summed E-state index contributed by atoms with van der Waals surface area (Å²) < 4.78 is 0. The smallest absolute Gasteiger partial charge is 0.0799 e. The summed E-state index contributed by atoms with van der Waals surface area (Å²) in [4.78, 5) is 0. The molecule has 0 aromatic carbocycles. The molecule has 0 amide bonds. The molecule has 0 unspecified atom stereocenters. The minimum Gasteiger partial charge on any atom is -0.390 e. The van der Waals surface area contributed by atoms with Gasteiger partial charge in [0.25, 0.3) is 0 Å². The van der Waals surface area contributed by atoms with Gasteiger partial charge >= 0.3 is 0 Å². The number of aliphatic hydroxyl groups is 2. The van der Waals surface area contributed by atoms with Crippen molar-refractivity contribution in [1.29, 1.82) is 0 Å². The highest BCUT2D eigenvalue weighted by Crippen LogP contribution is 2.17. The molecule has 0 heterocycles. The standard InChI is InChI=1S/C10H20O2/c11-9-7-5-3-1-2-4-6-8-10(9)12/h9-12H,1-8H2/t9-,10+. The normalized spacial score (nSPS) is 34.5. The zero-order chi connectivity index (χ0) is 8.81. The van der Waals surface area contributed by atoms with Crippen molar-refractivity contribution in [2.24, 2.45) is 0 Å². The summed E-state index contributed by atoms with van der Waals surface area (Å²) in [6, 6.07) is 0. The van der Waals surface area contributed by atoms with E-state index in [2.05, 4.69) is 0 Å². The van der Waals surface area contributed by atoms with E-state index in [9.17, 15) is 10.2 Å². The van der Waals surface area contributed by atoms with E-state index in [-0.39, 0.29) is 0 Å². The van der Waals surface area contributed by atoms with Crippen molar-refractivity contribution in [2.45, 2.75) is 63.6 Å². The fourth-order valence-electron chi connectivity index (χ4n) is 1.80. The fraction of sp³-hybridized carbons (Fsp3) is 1.00. The van der Waals surface area contributed by atoms with Gasteiger partial charge in [0.1, 0.15) is 0 Å². The molecule has 0 bridgehead atoms. The van der Waals surface area contributed by atoms with E-state index >= 15 is 0 Å². The van der Waals surface area contributed by atoms with Crippen LogP contribution in [0.15, 0.2) is 0 Å². The van der Waals surface area contributed by atoms with E-state index in [0.29, 0.717) is 0 Å². The van der Waals surface area contributed by atoms with Crippen molar-refractivity contribution in [1.82, 2.24) is 0 Å². The number of aliphatic hydroxyl groups excluding tert-OH is 2. The highest BCUT2D eigenvalue weighted by molar-refractivity contribution is 4.68. The summed E-state index contributed by atoms with van der Waals surface area (Å²) in [6.07, 6.45) is 7.77. The van der Waals surface area contributed by atoms with Crippen molar-refractivity contribution in [3.05, 3.63) is 0 Å². The molecule has 0 aromatic rings. The Morgan fingerprint density at radius 3 is 1.33 bits per heavy atom. The maximum atomic E-state index is 9.45. The first-order valence-electron chi connectivity index (χ1n) is 5.17. The van der Waals surface area contributed by atoms with Crippen LogP contribution < -0.4 is 0 Å². The van der Waals surface area contributed by atoms with E-state index < -0.39 is 12.2 Å². The third-order valence-electron chi connectivity index (χ3n) is 2.69. The lowest BCUT2D eigenvalue weighted by atomic mass is 9.97. The van der Waals surface area contributed by atoms with Crippen LogP contribution in [0.2, 0.25) is 0 Å². The van der Waals surface area contributed by atoms with Crippen LogP contribution in [0.3, 0.4) is 0 Å². The van der Waals surface area contributed by atoms with Crippen molar-refractivity contribution < 1.29 is 10.2 Å². The molecule has 72 valence electrons. The van der Waals surface area contributed by atoms with E-state index in [4.69, 9.17) is 0 Å². The second-order valence-corrected chi connectivity index (χ2v) is 3.83. The summed E-state index contributed by atoms with van der Waals surface area (Å²) in [5, 5.41) is 18.9. The second kappa shape index (κ2) is 5.55. The Morgan fingerprint density at radius 2 is 0.917 bits per heavy atom. The van der Waals surface area contributed by atoms with Gasteiger partial charge in [-0.25, -0.2) is 0 Å². The average molecular weight is 172 g/mol. The topological polar surface area (TPSA) is 40.5 Å². The van der Waals surface area contributed by atoms with E-state index in [0.717, 1.165) is 25.7 Å². The van der Waals surface area contributed by atoms with Gasteiger partial charge in [0.2, 0.25) is 0 Å². The van der Waals surface area contributed by atoms with Crippen molar-refractivity contribution in [3.63, 3.8) is 0 Å². The third kappa shape index (κ3) is 3.55. The van der Waals surface area contributed by atoms with Crippen LogP contribution in [-0.2, 0) is 0 Å². The quantitative estimate of drug-likeness (QED) is 0.585. The number of hydrogen-bond acceptors (Lipinski definition) is 2. The van der Waals surface area contributed by atoms with Gasteiger partial charge in [0.05, 0.1) is 12.2 Å². The molecule has 1 fully saturated rings. The van der Waals surface area contributed by atoms with Gasteiger partial charge < -0.3 is 10.2 Å². The Kier molecular flexibility index (Phi) is 4.62. The van der Waals surface area contributed by atoms with Crippen LogP contribution in [0, 0.1) is 0 Å². The zero-order valence-corrected chi connectivity index (χ0v) is 7.71. The predicted molar refractivity (Wildman–Crippen MR) is 48.9 cm³/mol. The summed E-state index contributed by atoms with van der Waals surface area (Å²) in [7, 11) is 0. The molecule has 0 aromatic heterocycles. The molecule has 1 rings (SSSR count). The van der Waals surface area contributed by atoms with Gasteiger partial charge in [-0.05, 0) is 12.8 Å². The summed E-state index contributed by atoms with van der Waals surface area (Å²) in [5.74, 6) is 0. The Morgan fingerprint density at radius 1 is 0.583 bits per heavy atom. The third-order valence-corrected chi connectivity index (χ3v) is 2.69. The summed E-state index contributed by atoms with van der Waals surface area (Å²) in [5.41, 5.74) is 0.